The second-order valence-corrected chi connectivity index (χ2v) is 8.73. The molecule has 142 valence electrons. The number of hydrogen-bond donors (Lipinski definition) is 2. The minimum absolute atomic E-state index is 0.262. The van der Waals surface area contributed by atoms with Crippen molar-refractivity contribution in [2.24, 2.45) is 0 Å². The van der Waals surface area contributed by atoms with Gasteiger partial charge in [-0.3, -0.25) is 10.1 Å². The van der Waals surface area contributed by atoms with Crippen LogP contribution in [0.1, 0.15) is 15.2 Å². The number of hydrogen-bond acceptors (Lipinski definition) is 6. The maximum Gasteiger partial charge on any atom is 0.269 e. The molecule has 0 atom stereocenters. The van der Waals surface area contributed by atoms with E-state index in [9.17, 15) is 4.79 Å². The second-order valence-electron chi connectivity index (χ2n) is 6.70. The Bertz CT molecular complexity index is 1370. The van der Waals surface area contributed by atoms with E-state index in [0.717, 1.165) is 37.3 Å². The van der Waals surface area contributed by atoms with Crippen LogP contribution in [0.25, 0.3) is 31.7 Å². The van der Waals surface area contributed by atoms with Gasteiger partial charge in [0.1, 0.15) is 9.71 Å². The minimum Gasteiger partial charge on any atom is -0.397 e. The zero-order valence-corrected chi connectivity index (χ0v) is 17.1. The molecule has 29 heavy (non-hydrogen) atoms. The van der Waals surface area contributed by atoms with E-state index < -0.39 is 0 Å². The Hall–Kier alpha value is -3.29. The summed E-state index contributed by atoms with van der Waals surface area (Å²) < 4.78 is 1.04. The predicted octanol–water partition coefficient (Wildman–Crippen LogP) is 5.72. The molecule has 3 N–H and O–H groups in total. The van der Waals surface area contributed by atoms with Gasteiger partial charge < -0.3 is 5.73 Å². The summed E-state index contributed by atoms with van der Waals surface area (Å²) in [6.45, 7) is 2.03. The lowest BCUT2D eigenvalue weighted by molar-refractivity contribution is 0.103. The van der Waals surface area contributed by atoms with Gasteiger partial charge in [-0.1, -0.05) is 47.7 Å². The van der Waals surface area contributed by atoms with Crippen LogP contribution in [0.15, 0.2) is 60.7 Å². The fraction of sp³-hybridized carbons (Fsp3) is 0.0455. The molecular formula is C22H16N4OS2. The molecule has 5 aromatic rings. The van der Waals surface area contributed by atoms with Crippen molar-refractivity contribution >= 4 is 59.8 Å². The molecule has 0 saturated carbocycles. The SMILES string of the molecule is Cc1ccc2nc(NC(=O)c3sc4nc(-c5ccccc5)ccc4c3N)sc2c1. The third kappa shape index (κ3) is 3.24. The highest BCUT2D eigenvalue weighted by atomic mass is 32.1. The van der Waals surface area contributed by atoms with Crippen molar-refractivity contribution in [1.29, 1.82) is 0 Å². The lowest BCUT2D eigenvalue weighted by Crippen LogP contribution is -2.11. The van der Waals surface area contributed by atoms with E-state index in [2.05, 4.69) is 16.4 Å². The summed E-state index contributed by atoms with van der Waals surface area (Å²) in [6.07, 6.45) is 0. The van der Waals surface area contributed by atoms with E-state index in [4.69, 9.17) is 10.7 Å². The highest BCUT2D eigenvalue weighted by Gasteiger charge is 2.19. The summed E-state index contributed by atoms with van der Waals surface area (Å²) in [7, 11) is 0. The first-order valence-corrected chi connectivity index (χ1v) is 10.6. The van der Waals surface area contributed by atoms with Crippen LogP contribution in [0.2, 0.25) is 0 Å². The first-order valence-electron chi connectivity index (χ1n) is 9.01. The van der Waals surface area contributed by atoms with Gasteiger partial charge in [-0.15, -0.1) is 11.3 Å². The van der Waals surface area contributed by atoms with Crippen molar-refractivity contribution in [1.82, 2.24) is 9.97 Å². The van der Waals surface area contributed by atoms with Gasteiger partial charge in [-0.2, -0.15) is 0 Å². The van der Waals surface area contributed by atoms with Crippen molar-refractivity contribution < 1.29 is 4.79 Å². The molecule has 0 aliphatic heterocycles. The lowest BCUT2D eigenvalue weighted by Gasteiger charge is -2.00. The molecule has 0 aliphatic carbocycles. The number of carbonyl (C=O) groups is 1. The van der Waals surface area contributed by atoms with Gasteiger partial charge in [0.2, 0.25) is 0 Å². The van der Waals surface area contributed by atoms with Crippen LogP contribution in [0.3, 0.4) is 0 Å². The average molecular weight is 417 g/mol. The third-order valence-corrected chi connectivity index (χ3v) is 6.68. The number of anilines is 2. The fourth-order valence-electron chi connectivity index (χ4n) is 3.17. The molecule has 2 aromatic carbocycles. The zero-order chi connectivity index (χ0) is 20.0. The monoisotopic (exact) mass is 416 g/mol. The number of thiazole rings is 1. The Morgan fingerprint density at radius 3 is 2.66 bits per heavy atom. The number of nitrogen functional groups attached to an aromatic ring is 1. The molecule has 1 amide bonds. The Kier molecular flexibility index (Phi) is 4.26. The van der Waals surface area contributed by atoms with Gasteiger partial charge in [0.05, 0.1) is 21.6 Å². The number of amides is 1. The number of benzene rings is 2. The third-order valence-electron chi connectivity index (χ3n) is 4.63. The van der Waals surface area contributed by atoms with Crippen LogP contribution >= 0.6 is 22.7 Å². The first-order chi connectivity index (χ1) is 14.1. The number of pyridine rings is 1. The maximum absolute atomic E-state index is 12.9. The van der Waals surface area contributed by atoms with Gasteiger partial charge in [0.25, 0.3) is 5.91 Å². The summed E-state index contributed by atoms with van der Waals surface area (Å²) in [5.74, 6) is -0.262. The number of nitrogens with zero attached hydrogens (tertiary/aromatic N) is 2. The van der Waals surface area contributed by atoms with E-state index in [1.54, 1.807) is 0 Å². The molecule has 3 heterocycles. The van der Waals surface area contributed by atoms with Crippen molar-refractivity contribution in [2.75, 3.05) is 11.1 Å². The zero-order valence-electron chi connectivity index (χ0n) is 15.5. The largest absolute Gasteiger partial charge is 0.397 e. The quantitative estimate of drug-likeness (QED) is 0.394. The Balaban J connectivity index is 1.48. The molecule has 0 bridgehead atoms. The minimum atomic E-state index is -0.262. The highest BCUT2D eigenvalue weighted by Crippen LogP contribution is 2.35. The van der Waals surface area contributed by atoms with Crippen LogP contribution < -0.4 is 11.1 Å². The normalized spacial score (nSPS) is 11.2. The number of nitrogens with one attached hydrogen (secondary N) is 1. The molecule has 0 fully saturated rings. The number of fused-ring (bicyclic) bond motifs is 2. The average Bonchev–Trinajstić information content (AvgIpc) is 3.28. The molecule has 0 aliphatic rings. The fourth-order valence-corrected chi connectivity index (χ4v) is 5.12. The number of carbonyl (C=O) groups excluding carboxylic acids is 1. The number of thiophene rings is 1. The van der Waals surface area contributed by atoms with Gasteiger partial charge in [0.15, 0.2) is 5.13 Å². The van der Waals surface area contributed by atoms with E-state index in [0.29, 0.717) is 15.7 Å². The molecule has 0 radical (unpaired) electrons. The summed E-state index contributed by atoms with van der Waals surface area (Å²) in [5.41, 5.74) is 10.6. The smallest absolute Gasteiger partial charge is 0.269 e. The van der Waals surface area contributed by atoms with Gasteiger partial charge in [-0.25, -0.2) is 9.97 Å². The Morgan fingerprint density at radius 2 is 1.83 bits per heavy atom. The first kappa shape index (κ1) is 17.8. The van der Waals surface area contributed by atoms with Gasteiger partial charge in [-0.05, 0) is 36.8 Å². The predicted molar refractivity (Wildman–Crippen MR) is 122 cm³/mol. The van der Waals surface area contributed by atoms with Crippen LogP contribution in [0, 0.1) is 6.92 Å². The summed E-state index contributed by atoms with van der Waals surface area (Å²) in [6, 6.07) is 19.8. The second kappa shape index (κ2) is 6.95. The van der Waals surface area contributed by atoms with Crippen LogP contribution in [-0.2, 0) is 0 Å². The molecule has 7 heteroatoms. The van der Waals surface area contributed by atoms with Crippen LogP contribution in [0.4, 0.5) is 10.8 Å². The highest BCUT2D eigenvalue weighted by molar-refractivity contribution is 7.23. The van der Waals surface area contributed by atoms with E-state index in [1.807, 2.05) is 61.5 Å². The standard InChI is InChI=1S/C22H16N4OS2/c1-12-7-9-16-17(11-12)28-22(25-16)26-20(27)19-18(23)14-8-10-15(24-21(14)29-19)13-5-3-2-4-6-13/h2-11H,23H2,1H3,(H,25,26,27). The Morgan fingerprint density at radius 1 is 1.00 bits per heavy atom. The topological polar surface area (TPSA) is 80.9 Å². The Labute approximate surface area is 174 Å². The lowest BCUT2D eigenvalue weighted by atomic mass is 10.1. The molecule has 5 nitrogen and oxygen atoms in total. The molecular weight excluding hydrogens is 400 g/mol. The van der Waals surface area contributed by atoms with Crippen molar-refractivity contribution in [3.8, 4) is 11.3 Å². The number of aromatic nitrogens is 2. The van der Waals surface area contributed by atoms with E-state index >= 15 is 0 Å². The molecule has 3 aromatic heterocycles. The van der Waals surface area contributed by atoms with Crippen molar-refractivity contribution in [3.05, 3.63) is 71.1 Å². The summed E-state index contributed by atoms with van der Waals surface area (Å²) >= 11 is 2.75. The number of aryl methyl sites for hydroxylation is 1. The summed E-state index contributed by atoms with van der Waals surface area (Å²) in [4.78, 5) is 23.3. The number of nitrogens with two attached hydrogens (primary N) is 1. The van der Waals surface area contributed by atoms with Gasteiger partial charge in [0, 0.05) is 10.9 Å². The van der Waals surface area contributed by atoms with E-state index in [-0.39, 0.29) is 5.91 Å². The van der Waals surface area contributed by atoms with Gasteiger partial charge >= 0.3 is 0 Å². The van der Waals surface area contributed by atoms with Crippen LogP contribution in [-0.4, -0.2) is 15.9 Å². The molecule has 0 unspecified atom stereocenters. The number of rotatable bonds is 3. The molecule has 0 saturated heterocycles. The van der Waals surface area contributed by atoms with Crippen molar-refractivity contribution in [3.63, 3.8) is 0 Å². The van der Waals surface area contributed by atoms with Crippen molar-refractivity contribution in [2.45, 2.75) is 6.92 Å². The van der Waals surface area contributed by atoms with Crippen LogP contribution in [0.5, 0.6) is 0 Å². The van der Waals surface area contributed by atoms with E-state index in [1.165, 1.54) is 22.7 Å². The summed E-state index contributed by atoms with van der Waals surface area (Å²) in [5, 5.41) is 4.24. The maximum atomic E-state index is 12.9. The molecule has 0 spiro atoms. The molecule has 5 rings (SSSR count).